The predicted molar refractivity (Wildman–Crippen MR) is 262 cm³/mol. The minimum Gasteiger partial charge on any atom is -0.491 e. The lowest BCUT2D eigenvalue weighted by molar-refractivity contribution is 0.0247. The van der Waals surface area contributed by atoms with Gasteiger partial charge in [0.1, 0.15) is 37.9 Å². The molecule has 0 unspecified atom stereocenters. The molecule has 0 saturated carbocycles. The molecule has 0 radical (unpaired) electrons. The summed E-state index contributed by atoms with van der Waals surface area (Å²) in [7, 11) is -7.41. The maximum absolute atomic E-state index is 16.5. The van der Waals surface area contributed by atoms with E-state index in [-0.39, 0.29) is 26.4 Å². The first-order valence-electron chi connectivity index (χ1n) is 22.2. The molecule has 12 heteroatoms. The van der Waals surface area contributed by atoms with Crippen molar-refractivity contribution < 1.29 is 47.0 Å². The van der Waals surface area contributed by atoms with Gasteiger partial charge in [-0.2, -0.15) is 0 Å². The number of benzene rings is 7. The smallest absolute Gasteiger partial charge is 0.171 e. The highest BCUT2D eigenvalue weighted by Crippen LogP contribution is 2.52. The monoisotopic (exact) mass is 924 g/mol. The van der Waals surface area contributed by atoms with E-state index in [2.05, 4.69) is 0 Å². The Bertz CT molecular complexity index is 2410. The van der Waals surface area contributed by atoms with E-state index in [0.717, 1.165) is 0 Å². The second-order valence-electron chi connectivity index (χ2n) is 15.2. The molecule has 66 heavy (non-hydrogen) atoms. The molecule has 1 heterocycles. The summed E-state index contributed by atoms with van der Waals surface area (Å²) in [6, 6.07) is 56.7. The maximum atomic E-state index is 16.5. The second kappa shape index (κ2) is 23.5. The topological polar surface area (TPSA) is 108 Å². The van der Waals surface area contributed by atoms with Crippen LogP contribution in [-0.2, 0) is 28.1 Å². The first-order valence-corrected chi connectivity index (χ1v) is 25.6. The zero-order valence-electron chi connectivity index (χ0n) is 36.8. The summed E-state index contributed by atoms with van der Waals surface area (Å²) in [6.45, 7) is 3.52. The van der Waals surface area contributed by atoms with E-state index in [1.54, 1.807) is 0 Å². The molecule has 0 atom stereocenters. The van der Waals surface area contributed by atoms with E-state index >= 15 is 9.13 Å². The van der Waals surface area contributed by atoms with E-state index in [1.807, 2.05) is 182 Å². The van der Waals surface area contributed by atoms with Gasteiger partial charge in [-0.05, 0) is 36.4 Å². The highest BCUT2D eigenvalue weighted by molar-refractivity contribution is 7.86. The summed E-state index contributed by atoms with van der Waals surface area (Å²) in [5, 5.41) is 3.55. The fourth-order valence-electron chi connectivity index (χ4n) is 7.89. The molecule has 0 aliphatic carbocycles. The average Bonchev–Trinajstić information content (AvgIpc) is 3.38. The van der Waals surface area contributed by atoms with Crippen LogP contribution in [0.4, 0.5) is 0 Å². The van der Waals surface area contributed by atoms with Crippen LogP contribution >= 0.6 is 14.3 Å². The van der Waals surface area contributed by atoms with Gasteiger partial charge in [0, 0.05) is 43.0 Å². The van der Waals surface area contributed by atoms with Gasteiger partial charge in [-0.1, -0.05) is 146 Å². The van der Waals surface area contributed by atoms with Crippen molar-refractivity contribution in [2.75, 3.05) is 79.3 Å². The first-order chi connectivity index (χ1) is 32.6. The summed E-state index contributed by atoms with van der Waals surface area (Å²) < 4.78 is 82.1. The molecular formula is C54H54O10P2. The zero-order chi connectivity index (χ0) is 45.3. The normalized spacial score (nSPS) is 15.2. The molecule has 1 aliphatic rings. The van der Waals surface area contributed by atoms with Crippen molar-refractivity contribution in [1.29, 1.82) is 0 Å². The number of ether oxygens (including phenoxy) is 8. The Kier molecular flexibility index (Phi) is 16.6. The third-order valence-electron chi connectivity index (χ3n) is 11.0. The second-order valence-corrected chi connectivity index (χ2v) is 20.6. The fourth-order valence-corrected chi connectivity index (χ4v) is 13.6. The third-order valence-corrected chi connectivity index (χ3v) is 17.2. The summed E-state index contributed by atoms with van der Waals surface area (Å²) in [4.78, 5) is 0. The Hall–Kier alpha value is -5.96. The molecule has 0 N–H and O–H groups in total. The molecule has 8 rings (SSSR count). The third kappa shape index (κ3) is 11.0. The number of fused-ring (bicyclic) bond motifs is 4. The molecule has 0 amide bonds. The van der Waals surface area contributed by atoms with Crippen LogP contribution in [0, 0.1) is 0 Å². The predicted octanol–water partition coefficient (Wildman–Crippen LogP) is 7.93. The Morgan fingerprint density at radius 1 is 0.258 bits per heavy atom. The maximum Gasteiger partial charge on any atom is 0.171 e. The van der Waals surface area contributed by atoms with Gasteiger partial charge in [0.2, 0.25) is 0 Å². The zero-order valence-corrected chi connectivity index (χ0v) is 38.6. The van der Waals surface area contributed by atoms with Crippen molar-refractivity contribution in [2.24, 2.45) is 0 Å². The molecular weight excluding hydrogens is 871 g/mol. The number of hydrogen-bond donors (Lipinski definition) is 0. The summed E-state index contributed by atoms with van der Waals surface area (Å²) >= 11 is 0. The Morgan fingerprint density at radius 2 is 0.500 bits per heavy atom. The number of hydrogen-bond acceptors (Lipinski definition) is 10. The molecule has 0 aromatic heterocycles. The van der Waals surface area contributed by atoms with Gasteiger partial charge < -0.3 is 47.0 Å². The number of para-hydroxylation sites is 2. The summed E-state index contributed by atoms with van der Waals surface area (Å²) in [5.74, 6) is 2.12. The van der Waals surface area contributed by atoms with Crippen molar-refractivity contribution in [3.63, 3.8) is 0 Å². The lowest BCUT2D eigenvalue weighted by atomic mass is 10.0. The average molecular weight is 925 g/mol. The largest absolute Gasteiger partial charge is 0.491 e. The molecule has 0 fully saturated rings. The molecule has 0 bridgehead atoms. The van der Waals surface area contributed by atoms with E-state index < -0.39 is 14.3 Å². The van der Waals surface area contributed by atoms with Gasteiger partial charge in [-0.25, -0.2) is 0 Å². The van der Waals surface area contributed by atoms with Crippen molar-refractivity contribution in [3.05, 3.63) is 182 Å². The van der Waals surface area contributed by atoms with Gasteiger partial charge in [0.15, 0.2) is 25.8 Å². The molecule has 340 valence electrons. The molecule has 0 spiro atoms. The fraction of sp³-hybridized carbons (Fsp3) is 0.222. The van der Waals surface area contributed by atoms with Crippen LogP contribution < -0.4 is 50.8 Å². The SMILES string of the molecule is O=P(c1ccccc1)(c1ccccc1)c1cccc2c1-c1c(cccc1P(=O)(c1ccccc1)c1ccccc1)OCCOCCOCCOc1ccccc1OCCOCCOCCO2. The summed E-state index contributed by atoms with van der Waals surface area (Å²) in [5.41, 5.74) is 1.02. The van der Waals surface area contributed by atoms with Gasteiger partial charge >= 0.3 is 0 Å². The molecule has 10 nitrogen and oxygen atoms in total. The van der Waals surface area contributed by atoms with Crippen LogP contribution in [0.25, 0.3) is 11.1 Å². The van der Waals surface area contributed by atoms with Crippen LogP contribution in [-0.4, -0.2) is 79.3 Å². The Morgan fingerprint density at radius 3 is 0.803 bits per heavy atom. The highest BCUT2D eigenvalue weighted by atomic mass is 31.2. The quantitative estimate of drug-likeness (QED) is 0.153. The van der Waals surface area contributed by atoms with Gasteiger partial charge in [-0.15, -0.1) is 0 Å². The number of rotatable bonds is 6. The van der Waals surface area contributed by atoms with Crippen LogP contribution in [0.3, 0.4) is 0 Å². The first kappa shape index (κ1) is 46.6. The lowest BCUT2D eigenvalue weighted by Gasteiger charge is -2.29. The summed E-state index contributed by atoms with van der Waals surface area (Å²) in [6.07, 6.45) is 0. The van der Waals surface area contributed by atoms with Crippen LogP contribution in [0.15, 0.2) is 182 Å². The molecule has 7 aromatic rings. The van der Waals surface area contributed by atoms with Crippen LogP contribution in [0.2, 0.25) is 0 Å². The van der Waals surface area contributed by atoms with Crippen molar-refractivity contribution in [3.8, 4) is 34.1 Å². The Balaban J connectivity index is 1.24. The van der Waals surface area contributed by atoms with E-state index in [0.29, 0.717) is 119 Å². The standard InChI is InChI=1S/C54H54O10P2/c55-65(43-17-5-1-6-18-43,44-19-7-2-8-20-44)51-29-15-27-49-53(51)54-50(28-16-30-52(54)66(56,45-21-9-3-10-22-45)46-23-11-4-12-24-46)64-42-38-60-34-32-58-36-40-62-48-26-14-13-25-47(48)61-39-35-57-31-33-59-37-41-63-49/h1-30H,31-42H2. The van der Waals surface area contributed by atoms with Gasteiger partial charge in [0.25, 0.3) is 0 Å². The van der Waals surface area contributed by atoms with Crippen LogP contribution in [0.5, 0.6) is 23.0 Å². The minimum atomic E-state index is -3.70. The minimum absolute atomic E-state index is 0.153. The van der Waals surface area contributed by atoms with Crippen LogP contribution in [0.1, 0.15) is 0 Å². The lowest BCUT2D eigenvalue weighted by Crippen LogP contribution is -2.30. The van der Waals surface area contributed by atoms with E-state index in [9.17, 15) is 0 Å². The van der Waals surface area contributed by atoms with E-state index in [1.165, 1.54) is 0 Å². The van der Waals surface area contributed by atoms with Crippen molar-refractivity contribution >= 4 is 46.1 Å². The molecule has 0 saturated heterocycles. The van der Waals surface area contributed by atoms with Gasteiger partial charge in [-0.3, -0.25) is 0 Å². The van der Waals surface area contributed by atoms with Crippen molar-refractivity contribution in [1.82, 2.24) is 0 Å². The molecule has 1 aliphatic heterocycles. The highest BCUT2D eigenvalue weighted by Gasteiger charge is 2.39. The van der Waals surface area contributed by atoms with Crippen molar-refractivity contribution in [2.45, 2.75) is 0 Å². The Labute approximate surface area is 387 Å². The van der Waals surface area contributed by atoms with Gasteiger partial charge in [0.05, 0.1) is 52.9 Å². The van der Waals surface area contributed by atoms with E-state index in [4.69, 9.17) is 37.9 Å². The molecule has 7 aromatic carbocycles.